The number of fused-ring (bicyclic) bond motifs is 2. The number of hydrogen-bond donors (Lipinski definition) is 1. The maximum absolute atomic E-state index is 4.70. The minimum Gasteiger partial charge on any atom is -0.387 e. The summed E-state index contributed by atoms with van der Waals surface area (Å²) in [4.78, 5) is 4.70. The molecule has 2 heterocycles. The SMILES string of the molecule is CNc1c2c(nc3ccccc13)CSC2.Cl. The third kappa shape index (κ3) is 1.64. The van der Waals surface area contributed by atoms with Crippen molar-refractivity contribution in [2.45, 2.75) is 11.5 Å². The lowest BCUT2D eigenvalue weighted by Crippen LogP contribution is -1.98. The van der Waals surface area contributed by atoms with Crippen LogP contribution in [0.4, 0.5) is 5.69 Å². The number of benzene rings is 1. The van der Waals surface area contributed by atoms with Gasteiger partial charge in [0.25, 0.3) is 0 Å². The Balaban J connectivity index is 0.000000963. The maximum Gasteiger partial charge on any atom is 0.0726 e. The molecule has 0 unspecified atom stereocenters. The monoisotopic (exact) mass is 252 g/mol. The van der Waals surface area contributed by atoms with Crippen molar-refractivity contribution >= 4 is 40.8 Å². The topological polar surface area (TPSA) is 24.9 Å². The number of thioether (sulfide) groups is 1. The van der Waals surface area contributed by atoms with Crippen molar-refractivity contribution in [3.05, 3.63) is 35.5 Å². The molecular formula is C12H13ClN2S. The van der Waals surface area contributed by atoms with Crippen LogP contribution in [-0.2, 0) is 11.5 Å². The fraction of sp³-hybridized carbons (Fsp3) is 0.250. The second kappa shape index (κ2) is 4.52. The lowest BCUT2D eigenvalue weighted by molar-refractivity contribution is 1.19. The third-order valence-electron chi connectivity index (χ3n) is 2.81. The number of para-hydroxylation sites is 1. The zero-order valence-corrected chi connectivity index (χ0v) is 10.6. The van der Waals surface area contributed by atoms with Gasteiger partial charge < -0.3 is 5.32 Å². The first-order valence-electron chi connectivity index (χ1n) is 5.06. The number of nitrogens with one attached hydrogen (secondary N) is 1. The molecule has 16 heavy (non-hydrogen) atoms. The molecule has 3 rings (SSSR count). The van der Waals surface area contributed by atoms with Gasteiger partial charge in [0.2, 0.25) is 0 Å². The van der Waals surface area contributed by atoms with Gasteiger partial charge in [-0.3, -0.25) is 4.98 Å². The van der Waals surface area contributed by atoms with E-state index < -0.39 is 0 Å². The predicted octanol–water partition coefficient (Wildman–Crippen LogP) is 3.45. The Hall–Kier alpha value is -0.930. The summed E-state index contributed by atoms with van der Waals surface area (Å²) in [5.41, 5.74) is 5.01. The molecule has 4 heteroatoms. The molecule has 1 aliphatic heterocycles. The van der Waals surface area contributed by atoms with E-state index in [9.17, 15) is 0 Å². The molecule has 0 atom stereocenters. The van der Waals surface area contributed by atoms with E-state index in [0.717, 1.165) is 17.0 Å². The Morgan fingerprint density at radius 2 is 2.06 bits per heavy atom. The van der Waals surface area contributed by atoms with Crippen molar-refractivity contribution in [2.24, 2.45) is 0 Å². The number of hydrogen-bond acceptors (Lipinski definition) is 3. The molecule has 0 saturated carbocycles. The fourth-order valence-corrected chi connectivity index (χ4v) is 3.16. The summed E-state index contributed by atoms with van der Waals surface area (Å²) in [7, 11) is 1.99. The first-order valence-corrected chi connectivity index (χ1v) is 6.21. The van der Waals surface area contributed by atoms with Gasteiger partial charge >= 0.3 is 0 Å². The Morgan fingerprint density at radius 3 is 2.88 bits per heavy atom. The van der Waals surface area contributed by atoms with Crippen LogP contribution in [0.3, 0.4) is 0 Å². The minimum atomic E-state index is 0. The van der Waals surface area contributed by atoms with Crippen LogP contribution in [0.2, 0.25) is 0 Å². The van der Waals surface area contributed by atoms with E-state index in [4.69, 9.17) is 4.98 Å². The molecule has 1 N–H and O–H groups in total. The zero-order chi connectivity index (χ0) is 10.3. The van der Waals surface area contributed by atoms with Gasteiger partial charge in [-0.25, -0.2) is 0 Å². The highest BCUT2D eigenvalue weighted by atomic mass is 35.5. The maximum atomic E-state index is 4.70. The molecule has 1 aromatic carbocycles. The second-order valence-corrected chi connectivity index (χ2v) is 4.66. The number of pyridine rings is 1. The van der Waals surface area contributed by atoms with Crippen molar-refractivity contribution < 1.29 is 0 Å². The Labute approximate surface area is 105 Å². The highest BCUT2D eigenvalue weighted by molar-refractivity contribution is 7.98. The minimum absolute atomic E-state index is 0. The smallest absolute Gasteiger partial charge is 0.0726 e. The lowest BCUT2D eigenvalue weighted by Gasteiger charge is -2.10. The summed E-state index contributed by atoms with van der Waals surface area (Å²) >= 11 is 1.94. The zero-order valence-electron chi connectivity index (χ0n) is 8.99. The van der Waals surface area contributed by atoms with Crippen LogP contribution in [-0.4, -0.2) is 12.0 Å². The fourth-order valence-electron chi connectivity index (χ4n) is 2.11. The normalized spacial score (nSPS) is 13.3. The Kier molecular flexibility index (Phi) is 3.26. The summed E-state index contributed by atoms with van der Waals surface area (Å²) in [6.45, 7) is 0. The van der Waals surface area contributed by atoms with Gasteiger partial charge in [0, 0.05) is 35.2 Å². The van der Waals surface area contributed by atoms with Gasteiger partial charge in [0.05, 0.1) is 11.2 Å². The van der Waals surface area contributed by atoms with Crippen LogP contribution in [0.15, 0.2) is 24.3 Å². The number of rotatable bonds is 1. The largest absolute Gasteiger partial charge is 0.387 e. The van der Waals surface area contributed by atoms with E-state index in [2.05, 4.69) is 23.5 Å². The average molecular weight is 253 g/mol. The molecule has 0 radical (unpaired) electrons. The van der Waals surface area contributed by atoms with E-state index in [1.54, 1.807) is 0 Å². The Morgan fingerprint density at radius 1 is 1.25 bits per heavy atom. The number of anilines is 1. The molecule has 0 fully saturated rings. The second-order valence-electron chi connectivity index (χ2n) is 3.67. The predicted molar refractivity (Wildman–Crippen MR) is 73.5 cm³/mol. The molecular weight excluding hydrogens is 240 g/mol. The van der Waals surface area contributed by atoms with E-state index in [0.29, 0.717) is 0 Å². The Bertz CT molecular complexity index is 528. The molecule has 84 valence electrons. The molecule has 0 saturated heterocycles. The van der Waals surface area contributed by atoms with Gasteiger partial charge in [0.15, 0.2) is 0 Å². The molecule has 1 aliphatic rings. The van der Waals surface area contributed by atoms with Crippen molar-refractivity contribution in [3.63, 3.8) is 0 Å². The summed E-state index contributed by atoms with van der Waals surface area (Å²) < 4.78 is 0. The van der Waals surface area contributed by atoms with Gasteiger partial charge in [-0.15, -0.1) is 12.4 Å². The van der Waals surface area contributed by atoms with Crippen molar-refractivity contribution in [2.75, 3.05) is 12.4 Å². The van der Waals surface area contributed by atoms with Crippen molar-refractivity contribution in [1.82, 2.24) is 4.98 Å². The van der Waals surface area contributed by atoms with Crippen LogP contribution < -0.4 is 5.32 Å². The molecule has 0 amide bonds. The first-order chi connectivity index (χ1) is 7.40. The van der Waals surface area contributed by atoms with Crippen LogP contribution in [0.25, 0.3) is 10.9 Å². The average Bonchev–Trinajstić information content (AvgIpc) is 2.73. The van der Waals surface area contributed by atoms with E-state index in [1.807, 2.05) is 24.9 Å². The van der Waals surface area contributed by atoms with Gasteiger partial charge in [0.1, 0.15) is 0 Å². The molecule has 0 spiro atoms. The number of nitrogens with zero attached hydrogens (tertiary/aromatic N) is 1. The summed E-state index contributed by atoms with van der Waals surface area (Å²) in [5.74, 6) is 2.14. The van der Waals surface area contributed by atoms with Crippen LogP contribution in [0, 0.1) is 0 Å². The highest BCUT2D eigenvalue weighted by Gasteiger charge is 2.18. The van der Waals surface area contributed by atoms with Crippen LogP contribution >= 0.6 is 24.2 Å². The first kappa shape index (κ1) is 11.6. The number of halogens is 1. The van der Waals surface area contributed by atoms with E-state index in [1.165, 1.54) is 22.3 Å². The third-order valence-corrected chi connectivity index (χ3v) is 3.78. The molecule has 0 aliphatic carbocycles. The van der Waals surface area contributed by atoms with Crippen molar-refractivity contribution in [1.29, 1.82) is 0 Å². The van der Waals surface area contributed by atoms with Gasteiger partial charge in [-0.05, 0) is 6.07 Å². The standard InChI is InChI=1S/C12H12N2S.ClH/c1-13-12-8-4-2-3-5-10(8)14-11-7-15-6-9(11)12;/h2-5H,6-7H2,1H3,(H,13,14);1H. The quantitative estimate of drug-likeness (QED) is 0.842. The summed E-state index contributed by atoms with van der Waals surface area (Å²) in [6.07, 6.45) is 0. The molecule has 2 nitrogen and oxygen atoms in total. The van der Waals surface area contributed by atoms with E-state index in [-0.39, 0.29) is 12.4 Å². The number of aromatic nitrogens is 1. The molecule has 2 aromatic rings. The van der Waals surface area contributed by atoms with Gasteiger partial charge in [-0.2, -0.15) is 11.8 Å². The molecule has 0 bridgehead atoms. The van der Waals surface area contributed by atoms with Gasteiger partial charge in [-0.1, -0.05) is 18.2 Å². The summed E-state index contributed by atoms with van der Waals surface area (Å²) in [6, 6.07) is 8.33. The molecule has 1 aromatic heterocycles. The van der Waals surface area contributed by atoms with Crippen molar-refractivity contribution in [3.8, 4) is 0 Å². The van der Waals surface area contributed by atoms with Crippen LogP contribution in [0.5, 0.6) is 0 Å². The summed E-state index contributed by atoms with van der Waals surface area (Å²) in [5, 5.41) is 4.55. The highest BCUT2D eigenvalue weighted by Crippen LogP contribution is 2.37. The lowest BCUT2D eigenvalue weighted by atomic mass is 10.1. The van der Waals surface area contributed by atoms with E-state index >= 15 is 0 Å². The van der Waals surface area contributed by atoms with Crippen LogP contribution in [0.1, 0.15) is 11.3 Å².